The number of hydrogen-bond donors (Lipinski definition) is 1. The topological polar surface area (TPSA) is 51.5 Å². The number of rotatable bonds is 7. The molecule has 0 aliphatic rings. The average molecular weight is 301 g/mol. The van der Waals surface area contributed by atoms with Gasteiger partial charge in [0.1, 0.15) is 5.75 Å². The number of carbonyl (C=O) groups is 1. The molecule has 0 fully saturated rings. The first kappa shape index (κ1) is 16.1. The second-order valence-corrected chi connectivity index (χ2v) is 5.43. The summed E-state index contributed by atoms with van der Waals surface area (Å²) in [6, 6.07) is 6.01. The van der Waals surface area contributed by atoms with Crippen molar-refractivity contribution in [1.29, 1.82) is 0 Å². The molecule has 2 rings (SSSR count). The largest absolute Gasteiger partial charge is 0.497 e. The van der Waals surface area contributed by atoms with Crippen molar-refractivity contribution in [1.82, 2.24) is 4.57 Å². The van der Waals surface area contributed by atoms with Crippen LogP contribution in [0.3, 0.4) is 0 Å². The molecule has 1 aromatic heterocycles. The van der Waals surface area contributed by atoms with Crippen molar-refractivity contribution in [3.05, 3.63) is 35.5 Å². The van der Waals surface area contributed by atoms with Gasteiger partial charge in [-0.3, -0.25) is 0 Å². The second kappa shape index (κ2) is 7.16. The maximum absolute atomic E-state index is 10.9. The molecule has 118 valence electrons. The quantitative estimate of drug-likeness (QED) is 0.621. The van der Waals surface area contributed by atoms with Crippen LogP contribution in [0.4, 0.5) is 0 Å². The molecule has 0 amide bonds. The van der Waals surface area contributed by atoms with Gasteiger partial charge < -0.3 is 14.4 Å². The molecular formula is C18H23NO3. The van der Waals surface area contributed by atoms with Crippen molar-refractivity contribution < 1.29 is 14.6 Å². The van der Waals surface area contributed by atoms with Gasteiger partial charge in [-0.2, -0.15) is 0 Å². The third-order valence-electron chi connectivity index (χ3n) is 3.98. The molecule has 4 nitrogen and oxygen atoms in total. The smallest absolute Gasteiger partial charge is 0.328 e. The summed E-state index contributed by atoms with van der Waals surface area (Å²) < 4.78 is 7.34. The summed E-state index contributed by atoms with van der Waals surface area (Å²) >= 11 is 0. The molecule has 1 N–H and O–H groups in total. The predicted octanol–water partition coefficient (Wildman–Crippen LogP) is 4.02. The number of benzene rings is 1. The standard InChI is InChI=1S/C18H23NO3/c1-4-5-6-7-14-15-9-8-13(22-3)12-17(15)19(2)16(14)10-11-18(20)21/h8-12H,4-7H2,1-3H3,(H,20,21). The van der Waals surface area contributed by atoms with Crippen LogP contribution in [0.1, 0.15) is 37.4 Å². The van der Waals surface area contributed by atoms with Crippen molar-refractivity contribution in [2.24, 2.45) is 7.05 Å². The Kier molecular flexibility index (Phi) is 5.26. The third-order valence-corrected chi connectivity index (χ3v) is 3.98. The summed E-state index contributed by atoms with van der Waals surface area (Å²) in [4.78, 5) is 10.9. The van der Waals surface area contributed by atoms with Crippen LogP contribution in [-0.2, 0) is 18.3 Å². The number of aromatic nitrogens is 1. The van der Waals surface area contributed by atoms with Gasteiger partial charge in [0.05, 0.1) is 12.6 Å². The first-order valence-corrected chi connectivity index (χ1v) is 7.64. The molecule has 0 atom stereocenters. The van der Waals surface area contributed by atoms with Crippen LogP contribution in [0, 0.1) is 0 Å². The highest BCUT2D eigenvalue weighted by Crippen LogP contribution is 2.30. The highest BCUT2D eigenvalue weighted by Gasteiger charge is 2.14. The summed E-state index contributed by atoms with van der Waals surface area (Å²) in [5.41, 5.74) is 3.24. The molecule has 4 heteroatoms. The molecule has 0 aliphatic carbocycles. The van der Waals surface area contributed by atoms with E-state index in [2.05, 4.69) is 13.0 Å². The number of ether oxygens (including phenoxy) is 1. The van der Waals surface area contributed by atoms with E-state index in [4.69, 9.17) is 9.84 Å². The van der Waals surface area contributed by atoms with Gasteiger partial charge >= 0.3 is 5.97 Å². The number of fused-ring (bicyclic) bond motifs is 1. The molecule has 0 saturated carbocycles. The fraction of sp³-hybridized carbons (Fsp3) is 0.389. The number of carboxylic acid groups (broad SMARTS) is 1. The van der Waals surface area contributed by atoms with Crippen molar-refractivity contribution in [2.75, 3.05) is 7.11 Å². The van der Waals surface area contributed by atoms with E-state index in [-0.39, 0.29) is 0 Å². The Labute approximate surface area is 131 Å². The lowest BCUT2D eigenvalue weighted by molar-refractivity contribution is -0.131. The van der Waals surface area contributed by atoms with Gasteiger partial charge in [-0.15, -0.1) is 0 Å². The van der Waals surface area contributed by atoms with Crippen LogP contribution in [0.15, 0.2) is 24.3 Å². The van der Waals surface area contributed by atoms with Crippen LogP contribution >= 0.6 is 0 Å². The SMILES string of the molecule is CCCCCc1c(C=CC(=O)O)n(C)c2cc(OC)ccc12. The molecule has 0 spiro atoms. The van der Waals surface area contributed by atoms with E-state index >= 15 is 0 Å². The Morgan fingerprint density at radius 3 is 2.77 bits per heavy atom. The summed E-state index contributed by atoms with van der Waals surface area (Å²) in [5, 5.41) is 10.1. The lowest BCUT2D eigenvalue weighted by Gasteiger charge is -2.03. The van der Waals surface area contributed by atoms with E-state index in [1.807, 2.05) is 23.7 Å². The first-order valence-electron chi connectivity index (χ1n) is 7.64. The van der Waals surface area contributed by atoms with Crippen LogP contribution in [-0.4, -0.2) is 22.8 Å². The number of hydrogen-bond acceptors (Lipinski definition) is 2. The van der Waals surface area contributed by atoms with E-state index < -0.39 is 5.97 Å². The zero-order valence-electron chi connectivity index (χ0n) is 13.4. The zero-order chi connectivity index (χ0) is 16.1. The van der Waals surface area contributed by atoms with Crippen LogP contribution in [0.5, 0.6) is 5.75 Å². The Morgan fingerprint density at radius 1 is 1.36 bits per heavy atom. The van der Waals surface area contributed by atoms with E-state index in [0.29, 0.717) is 0 Å². The molecular weight excluding hydrogens is 278 g/mol. The van der Waals surface area contributed by atoms with E-state index in [9.17, 15) is 4.79 Å². The number of methoxy groups -OCH3 is 1. The van der Waals surface area contributed by atoms with Crippen LogP contribution in [0.2, 0.25) is 0 Å². The van der Waals surface area contributed by atoms with Gasteiger partial charge in [0.25, 0.3) is 0 Å². The fourth-order valence-electron chi connectivity index (χ4n) is 2.82. The van der Waals surface area contributed by atoms with Crippen molar-refractivity contribution in [3.8, 4) is 5.75 Å². The Hall–Kier alpha value is -2.23. The molecule has 0 unspecified atom stereocenters. The molecule has 22 heavy (non-hydrogen) atoms. The molecule has 2 aromatic rings. The summed E-state index contributed by atoms with van der Waals surface area (Å²) in [7, 11) is 3.62. The van der Waals surface area contributed by atoms with E-state index in [0.717, 1.165) is 29.8 Å². The Bertz CT molecular complexity index is 698. The Morgan fingerprint density at radius 2 is 2.14 bits per heavy atom. The number of carboxylic acids is 1. The van der Waals surface area contributed by atoms with Gasteiger partial charge in [0.15, 0.2) is 0 Å². The summed E-state index contributed by atoms with van der Waals surface area (Å²) in [5.74, 6) is -0.121. The lowest BCUT2D eigenvalue weighted by atomic mass is 10.0. The first-order chi connectivity index (χ1) is 10.6. The highest BCUT2D eigenvalue weighted by molar-refractivity contribution is 5.92. The minimum absolute atomic E-state index is 0.807. The number of nitrogens with zero attached hydrogens (tertiary/aromatic N) is 1. The summed E-state index contributed by atoms with van der Waals surface area (Å²) in [6.07, 6.45) is 7.30. The molecule has 0 aliphatic heterocycles. The monoisotopic (exact) mass is 301 g/mol. The van der Waals surface area contributed by atoms with Gasteiger partial charge in [0, 0.05) is 30.3 Å². The molecule has 1 aromatic carbocycles. The highest BCUT2D eigenvalue weighted by atomic mass is 16.5. The second-order valence-electron chi connectivity index (χ2n) is 5.43. The normalized spacial score (nSPS) is 11.4. The zero-order valence-corrected chi connectivity index (χ0v) is 13.4. The van der Waals surface area contributed by atoms with Gasteiger partial charge in [-0.1, -0.05) is 19.8 Å². The van der Waals surface area contributed by atoms with Crippen LogP contribution < -0.4 is 4.74 Å². The third kappa shape index (κ3) is 3.32. The number of aryl methyl sites for hydroxylation is 2. The molecule has 0 saturated heterocycles. The minimum atomic E-state index is -0.928. The fourth-order valence-corrected chi connectivity index (χ4v) is 2.82. The van der Waals surface area contributed by atoms with Gasteiger partial charge in [0.2, 0.25) is 0 Å². The predicted molar refractivity (Wildman–Crippen MR) is 89.4 cm³/mol. The maximum Gasteiger partial charge on any atom is 0.328 e. The van der Waals surface area contributed by atoms with Crippen molar-refractivity contribution in [3.63, 3.8) is 0 Å². The minimum Gasteiger partial charge on any atom is -0.497 e. The van der Waals surface area contributed by atoms with E-state index in [1.165, 1.54) is 29.9 Å². The number of unbranched alkanes of at least 4 members (excludes halogenated alkanes) is 2. The maximum atomic E-state index is 10.9. The average Bonchev–Trinajstić information content (AvgIpc) is 2.77. The van der Waals surface area contributed by atoms with E-state index in [1.54, 1.807) is 13.2 Å². The van der Waals surface area contributed by atoms with Crippen molar-refractivity contribution >= 4 is 22.9 Å². The molecule has 0 bridgehead atoms. The van der Waals surface area contributed by atoms with Gasteiger partial charge in [-0.05, 0) is 36.6 Å². The van der Waals surface area contributed by atoms with Crippen molar-refractivity contribution in [2.45, 2.75) is 32.6 Å². The van der Waals surface area contributed by atoms with Crippen LogP contribution in [0.25, 0.3) is 17.0 Å². The number of aliphatic carboxylic acids is 1. The van der Waals surface area contributed by atoms with Gasteiger partial charge in [-0.25, -0.2) is 4.79 Å². The summed E-state index contributed by atoms with van der Waals surface area (Å²) in [6.45, 7) is 2.18. The lowest BCUT2D eigenvalue weighted by Crippen LogP contribution is -1.95. The molecule has 1 heterocycles. The molecule has 0 radical (unpaired) electrons. The Balaban J connectivity index is 2.54.